The quantitative estimate of drug-likeness (QED) is 0.341. The Morgan fingerprint density at radius 2 is 2.14 bits per heavy atom. The van der Waals surface area contributed by atoms with E-state index in [2.05, 4.69) is 0 Å². The normalized spacial score (nSPS) is 10.3. The van der Waals surface area contributed by atoms with E-state index in [0.29, 0.717) is 6.29 Å². The fraction of sp³-hybridized carbons (Fsp3) is 0. The number of allylic oxidation sites excluding steroid dienone is 1. The smallest absolute Gasteiger partial charge is 0.270 e. The van der Waals surface area contributed by atoms with Crippen LogP contribution in [0.1, 0.15) is 5.56 Å². The van der Waals surface area contributed by atoms with Crippen molar-refractivity contribution in [2.24, 2.45) is 0 Å². The van der Waals surface area contributed by atoms with Gasteiger partial charge in [0.05, 0.1) is 4.92 Å². The van der Waals surface area contributed by atoms with Crippen LogP contribution in [0.25, 0.3) is 6.08 Å². The van der Waals surface area contributed by atoms with Crippen LogP contribution < -0.4 is 0 Å². The van der Waals surface area contributed by atoms with Crippen LogP contribution in [-0.4, -0.2) is 16.3 Å². The second-order valence-corrected chi connectivity index (χ2v) is 2.50. The van der Waals surface area contributed by atoms with Crippen LogP contribution in [0.5, 0.6) is 5.75 Å². The number of hydrogen-bond acceptors (Lipinski definition) is 4. The van der Waals surface area contributed by atoms with Crippen LogP contribution in [0.4, 0.5) is 5.69 Å². The molecule has 72 valence electrons. The van der Waals surface area contributed by atoms with Crippen molar-refractivity contribution >= 4 is 18.0 Å². The van der Waals surface area contributed by atoms with Crippen molar-refractivity contribution in [1.82, 2.24) is 0 Å². The van der Waals surface area contributed by atoms with Gasteiger partial charge in [-0.05, 0) is 18.2 Å². The van der Waals surface area contributed by atoms with Crippen LogP contribution >= 0.6 is 0 Å². The molecule has 0 bridgehead atoms. The molecule has 1 N–H and O–H groups in total. The molecule has 0 fully saturated rings. The maximum absolute atomic E-state index is 10.4. The van der Waals surface area contributed by atoms with Gasteiger partial charge in [-0.3, -0.25) is 14.9 Å². The van der Waals surface area contributed by atoms with Gasteiger partial charge in [-0.15, -0.1) is 0 Å². The van der Waals surface area contributed by atoms with Gasteiger partial charge in [-0.1, -0.05) is 0 Å². The van der Waals surface area contributed by atoms with Gasteiger partial charge in [0.25, 0.3) is 5.69 Å². The highest BCUT2D eigenvalue weighted by atomic mass is 16.6. The lowest BCUT2D eigenvalue weighted by Gasteiger charge is -1.97. The number of phenols is 1. The second-order valence-electron chi connectivity index (χ2n) is 2.50. The number of rotatable bonds is 3. The third kappa shape index (κ3) is 2.16. The molecule has 1 aromatic carbocycles. The number of aldehydes is 1. The van der Waals surface area contributed by atoms with Gasteiger partial charge in [-0.2, -0.15) is 0 Å². The summed E-state index contributed by atoms with van der Waals surface area (Å²) in [5.41, 5.74) is 0.111. The summed E-state index contributed by atoms with van der Waals surface area (Å²) in [6.07, 6.45) is 2.98. The minimum atomic E-state index is -0.572. The van der Waals surface area contributed by atoms with Gasteiger partial charge in [0.2, 0.25) is 0 Å². The van der Waals surface area contributed by atoms with Crippen LogP contribution in [0, 0.1) is 10.1 Å². The van der Waals surface area contributed by atoms with Gasteiger partial charge < -0.3 is 5.11 Å². The van der Waals surface area contributed by atoms with E-state index in [9.17, 15) is 20.0 Å². The van der Waals surface area contributed by atoms with E-state index in [4.69, 9.17) is 0 Å². The minimum absolute atomic E-state index is 0.103. The zero-order valence-electron chi connectivity index (χ0n) is 7.08. The Hall–Kier alpha value is -2.17. The zero-order valence-corrected chi connectivity index (χ0v) is 7.08. The topological polar surface area (TPSA) is 80.4 Å². The number of nitro groups is 1. The molecular formula is C9H7NO4. The number of phenolic OH excluding ortho intramolecular Hbond substituents is 1. The molecule has 1 rings (SSSR count). The number of benzene rings is 1. The lowest BCUT2D eigenvalue weighted by atomic mass is 10.1. The lowest BCUT2D eigenvalue weighted by Crippen LogP contribution is -1.88. The summed E-state index contributed by atoms with van der Waals surface area (Å²) in [5.74, 6) is -0.103. The molecule has 0 unspecified atom stereocenters. The van der Waals surface area contributed by atoms with E-state index in [1.165, 1.54) is 24.3 Å². The second kappa shape index (κ2) is 4.18. The van der Waals surface area contributed by atoms with E-state index in [-0.39, 0.29) is 17.0 Å². The molecule has 0 atom stereocenters. The largest absolute Gasteiger partial charge is 0.507 e. The Balaban J connectivity index is 3.14. The number of nitro benzene ring substituents is 1. The first-order valence-electron chi connectivity index (χ1n) is 3.74. The predicted octanol–water partition coefficient (Wildman–Crippen LogP) is 1.51. The fourth-order valence-electron chi connectivity index (χ4n) is 0.932. The molecule has 0 saturated heterocycles. The number of carbonyl (C=O) groups excluding carboxylic acids is 1. The third-order valence-electron chi connectivity index (χ3n) is 1.58. The minimum Gasteiger partial charge on any atom is -0.507 e. The molecule has 14 heavy (non-hydrogen) atoms. The Morgan fingerprint density at radius 1 is 1.43 bits per heavy atom. The summed E-state index contributed by atoms with van der Waals surface area (Å²) in [5, 5.41) is 19.6. The van der Waals surface area contributed by atoms with Crippen LogP contribution in [0.2, 0.25) is 0 Å². The molecule has 0 aromatic heterocycles. The number of nitrogens with zero attached hydrogens (tertiary/aromatic N) is 1. The molecule has 0 aliphatic heterocycles. The number of hydrogen-bond donors (Lipinski definition) is 1. The first-order chi connectivity index (χ1) is 6.65. The summed E-state index contributed by atoms with van der Waals surface area (Å²) < 4.78 is 0. The molecule has 0 radical (unpaired) electrons. The van der Waals surface area contributed by atoms with Crippen LogP contribution in [0.15, 0.2) is 24.3 Å². The zero-order chi connectivity index (χ0) is 10.6. The standard InChI is InChI=1S/C9H7NO4/c11-5-1-2-7-6-8(10(13)14)3-4-9(7)12/h1-6,12H/b2-1+. The molecule has 0 aliphatic carbocycles. The van der Waals surface area contributed by atoms with Crippen molar-refractivity contribution in [3.05, 3.63) is 40.0 Å². The number of aromatic hydroxyl groups is 1. The van der Waals surface area contributed by atoms with Crippen molar-refractivity contribution in [3.63, 3.8) is 0 Å². The predicted molar refractivity (Wildman–Crippen MR) is 49.9 cm³/mol. The maximum atomic E-state index is 10.4. The van der Waals surface area contributed by atoms with Crippen molar-refractivity contribution in [3.8, 4) is 5.75 Å². The van der Waals surface area contributed by atoms with Crippen molar-refractivity contribution in [2.45, 2.75) is 0 Å². The Bertz CT molecular complexity index is 398. The highest BCUT2D eigenvalue weighted by molar-refractivity contribution is 5.75. The molecule has 0 saturated carbocycles. The number of carbonyl (C=O) groups is 1. The fourth-order valence-corrected chi connectivity index (χ4v) is 0.932. The van der Waals surface area contributed by atoms with E-state index in [1.54, 1.807) is 0 Å². The highest BCUT2D eigenvalue weighted by Crippen LogP contribution is 2.23. The molecule has 0 amide bonds. The third-order valence-corrected chi connectivity index (χ3v) is 1.58. The molecule has 0 aliphatic rings. The summed E-state index contributed by atoms with van der Waals surface area (Å²) in [4.78, 5) is 19.8. The Kier molecular flexibility index (Phi) is 2.96. The lowest BCUT2D eigenvalue weighted by molar-refractivity contribution is -0.384. The molecular weight excluding hydrogens is 186 g/mol. The molecule has 5 heteroatoms. The van der Waals surface area contributed by atoms with Crippen LogP contribution in [0.3, 0.4) is 0 Å². The maximum Gasteiger partial charge on any atom is 0.270 e. The summed E-state index contributed by atoms with van der Waals surface area (Å²) in [6.45, 7) is 0. The average Bonchev–Trinajstić information content (AvgIpc) is 2.16. The van der Waals surface area contributed by atoms with E-state index < -0.39 is 4.92 Å². The van der Waals surface area contributed by atoms with E-state index in [0.717, 1.165) is 6.08 Å². The van der Waals surface area contributed by atoms with Crippen molar-refractivity contribution < 1.29 is 14.8 Å². The van der Waals surface area contributed by atoms with Crippen molar-refractivity contribution in [1.29, 1.82) is 0 Å². The van der Waals surface area contributed by atoms with Crippen molar-refractivity contribution in [2.75, 3.05) is 0 Å². The van der Waals surface area contributed by atoms with E-state index >= 15 is 0 Å². The van der Waals surface area contributed by atoms with Gasteiger partial charge in [-0.25, -0.2) is 0 Å². The SMILES string of the molecule is O=C/C=C/c1cc([N+](=O)[O-])ccc1O. The molecule has 0 heterocycles. The Morgan fingerprint density at radius 3 is 2.71 bits per heavy atom. The monoisotopic (exact) mass is 193 g/mol. The first-order valence-corrected chi connectivity index (χ1v) is 3.74. The molecule has 1 aromatic rings. The highest BCUT2D eigenvalue weighted by Gasteiger charge is 2.07. The summed E-state index contributed by atoms with van der Waals surface area (Å²) in [6, 6.07) is 3.59. The van der Waals surface area contributed by atoms with Gasteiger partial charge in [0.15, 0.2) is 0 Å². The van der Waals surface area contributed by atoms with Crippen LogP contribution in [-0.2, 0) is 4.79 Å². The molecule has 5 nitrogen and oxygen atoms in total. The van der Waals surface area contributed by atoms with Gasteiger partial charge in [0.1, 0.15) is 12.0 Å². The number of non-ortho nitro benzene ring substituents is 1. The summed E-state index contributed by atoms with van der Waals surface area (Å²) >= 11 is 0. The average molecular weight is 193 g/mol. The molecule has 0 spiro atoms. The Labute approximate surface area is 79.4 Å². The summed E-state index contributed by atoms with van der Waals surface area (Å²) in [7, 11) is 0. The van der Waals surface area contributed by atoms with Gasteiger partial charge in [0, 0.05) is 17.7 Å². The first kappa shape index (κ1) is 9.91. The van der Waals surface area contributed by atoms with Gasteiger partial charge >= 0.3 is 0 Å². The van der Waals surface area contributed by atoms with E-state index in [1.807, 2.05) is 0 Å².